The predicted octanol–water partition coefficient (Wildman–Crippen LogP) is 3.53. The molecule has 144 valence electrons. The number of carbonyl (C=O) groups is 1. The molecule has 1 aliphatic heterocycles. The van der Waals surface area contributed by atoms with Crippen LogP contribution in [0.15, 0.2) is 54.6 Å². The van der Waals surface area contributed by atoms with Gasteiger partial charge in [-0.05, 0) is 62.5 Å². The average molecular weight is 367 g/mol. The Bertz CT molecular complexity index is 709. The normalized spacial score (nSPS) is 16.8. The number of anilines is 1. The Balaban J connectivity index is 1.41. The lowest BCUT2D eigenvalue weighted by atomic mass is 10.0. The van der Waals surface area contributed by atoms with Crippen molar-refractivity contribution in [2.45, 2.75) is 38.3 Å². The second kappa shape index (κ2) is 9.53. The highest BCUT2D eigenvalue weighted by Crippen LogP contribution is 2.19. The smallest absolute Gasteiger partial charge is 0.316 e. The Morgan fingerprint density at radius 3 is 2.41 bits per heavy atom. The van der Waals surface area contributed by atoms with E-state index in [1.54, 1.807) is 0 Å². The van der Waals surface area contributed by atoms with Crippen LogP contribution in [0.25, 0.3) is 0 Å². The van der Waals surface area contributed by atoms with E-state index in [-0.39, 0.29) is 6.04 Å². The summed E-state index contributed by atoms with van der Waals surface area (Å²) in [7, 11) is 0. The lowest BCUT2D eigenvalue weighted by molar-refractivity contribution is 0.194. The van der Waals surface area contributed by atoms with E-state index in [0.717, 1.165) is 31.7 Å². The number of hydrogen-bond donors (Lipinski definition) is 3. The Labute approximate surface area is 161 Å². The van der Waals surface area contributed by atoms with Crippen molar-refractivity contribution in [2.75, 3.05) is 25.0 Å². The van der Waals surface area contributed by atoms with Crippen LogP contribution in [0.5, 0.6) is 0 Å². The van der Waals surface area contributed by atoms with E-state index < -0.39 is 6.03 Å². The second-order valence-corrected chi connectivity index (χ2v) is 7.35. The van der Waals surface area contributed by atoms with Crippen LogP contribution in [0.2, 0.25) is 0 Å². The highest BCUT2D eigenvalue weighted by atomic mass is 16.2. The summed E-state index contributed by atoms with van der Waals surface area (Å²) >= 11 is 0. The zero-order chi connectivity index (χ0) is 19.1. The van der Waals surface area contributed by atoms with Gasteiger partial charge >= 0.3 is 6.03 Å². The van der Waals surface area contributed by atoms with Crippen LogP contribution in [0, 0.1) is 0 Å². The van der Waals surface area contributed by atoms with Crippen LogP contribution >= 0.6 is 0 Å². The quantitative estimate of drug-likeness (QED) is 0.702. The number of primary amides is 1. The molecule has 2 amide bonds. The number of piperidine rings is 1. The molecule has 1 unspecified atom stereocenters. The lowest BCUT2D eigenvalue weighted by Gasteiger charge is -2.34. The highest BCUT2D eigenvalue weighted by Gasteiger charge is 2.20. The summed E-state index contributed by atoms with van der Waals surface area (Å²) in [4.78, 5) is 13.5. The highest BCUT2D eigenvalue weighted by molar-refractivity contribution is 5.87. The van der Waals surface area contributed by atoms with Gasteiger partial charge in [-0.3, -0.25) is 0 Å². The van der Waals surface area contributed by atoms with Crippen LogP contribution in [-0.2, 0) is 6.42 Å². The Morgan fingerprint density at radius 1 is 1.11 bits per heavy atom. The molecule has 1 heterocycles. The standard InChI is InChI=1S/C22H30N4O/c1-17(19-7-9-20(10-8-19)25-22(23)27)24-21-12-15-26(16-13-21)14-11-18-5-3-2-4-6-18/h2-10,17,21,24H,11-16H2,1H3,(H3,23,25,27). The Kier molecular flexibility index (Phi) is 6.85. The Hall–Kier alpha value is -2.37. The SMILES string of the molecule is CC(NC1CCN(CCc2ccccc2)CC1)c1ccc(NC(N)=O)cc1. The summed E-state index contributed by atoms with van der Waals surface area (Å²) in [6.07, 6.45) is 3.49. The molecule has 0 spiro atoms. The van der Waals surface area contributed by atoms with E-state index in [9.17, 15) is 4.79 Å². The molecule has 0 saturated carbocycles. The van der Waals surface area contributed by atoms with E-state index in [4.69, 9.17) is 5.73 Å². The van der Waals surface area contributed by atoms with Gasteiger partial charge in [0.25, 0.3) is 0 Å². The van der Waals surface area contributed by atoms with Crippen molar-refractivity contribution in [1.29, 1.82) is 0 Å². The predicted molar refractivity (Wildman–Crippen MR) is 111 cm³/mol. The minimum Gasteiger partial charge on any atom is -0.351 e. The molecule has 1 atom stereocenters. The average Bonchev–Trinajstić information content (AvgIpc) is 2.68. The number of nitrogens with zero attached hydrogens (tertiary/aromatic N) is 1. The van der Waals surface area contributed by atoms with Crippen LogP contribution in [0.1, 0.15) is 36.9 Å². The molecule has 0 aromatic heterocycles. The van der Waals surface area contributed by atoms with Crippen LogP contribution < -0.4 is 16.4 Å². The number of nitrogens with one attached hydrogen (secondary N) is 2. The van der Waals surface area contributed by atoms with Crippen LogP contribution in [-0.4, -0.2) is 36.6 Å². The van der Waals surface area contributed by atoms with Crippen molar-refractivity contribution < 1.29 is 4.79 Å². The van der Waals surface area contributed by atoms with Gasteiger partial charge in [0.05, 0.1) is 0 Å². The molecule has 5 nitrogen and oxygen atoms in total. The number of nitrogens with two attached hydrogens (primary N) is 1. The summed E-state index contributed by atoms with van der Waals surface area (Å²) in [5.41, 5.74) is 8.51. The third-order valence-corrected chi connectivity index (χ3v) is 5.31. The topological polar surface area (TPSA) is 70.4 Å². The molecule has 0 bridgehead atoms. The zero-order valence-electron chi connectivity index (χ0n) is 16.0. The van der Waals surface area contributed by atoms with Gasteiger partial charge in [0.1, 0.15) is 0 Å². The maximum atomic E-state index is 10.9. The first-order valence-corrected chi connectivity index (χ1v) is 9.79. The fourth-order valence-corrected chi connectivity index (χ4v) is 3.70. The van der Waals surface area contributed by atoms with Gasteiger partial charge in [0.2, 0.25) is 0 Å². The summed E-state index contributed by atoms with van der Waals surface area (Å²) in [6, 6.07) is 18.9. The maximum Gasteiger partial charge on any atom is 0.316 e. The molecule has 27 heavy (non-hydrogen) atoms. The maximum absolute atomic E-state index is 10.9. The summed E-state index contributed by atoms with van der Waals surface area (Å²) in [6.45, 7) is 5.64. The molecule has 1 aliphatic rings. The number of benzene rings is 2. The van der Waals surface area contributed by atoms with E-state index in [0.29, 0.717) is 6.04 Å². The number of rotatable bonds is 7. The number of amides is 2. The number of carbonyl (C=O) groups excluding carboxylic acids is 1. The first-order valence-electron chi connectivity index (χ1n) is 9.79. The van der Waals surface area contributed by atoms with Crippen molar-refractivity contribution in [1.82, 2.24) is 10.2 Å². The van der Waals surface area contributed by atoms with Crippen molar-refractivity contribution in [3.05, 3.63) is 65.7 Å². The van der Waals surface area contributed by atoms with Gasteiger partial charge in [-0.2, -0.15) is 0 Å². The zero-order valence-corrected chi connectivity index (χ0v) is 16.0. The summed E-state index contributed by atoms with van der Waals surface area (Å²) < 4.78 is 0. The molecule has 0 radical (unpaired) electrons. The molecule has 5 heteroatoms. The lowest BCUT2D eigenvalue weighted by Crippen LogP contribution is -2.43. The van der Waals surface area contributed by atoms with E-state index in [1.807, 2.05) is 24.3 Å². The molecule has 3 rings (SSSR count). The van der Waals surface area contributed by atoms with Gasteiger partial charge in [0.15, 0.2) is 0 Å². The first-order chi connectivity index (χ1) is 13.1. The van der Waals surface area contributed by atoms with Gasteiger partial charge in [0, 0.05) is 24.3 Å². The van der Waals surface area contributed by atoms with Gasteiger partial charge in [-0.15, -0.1) is 0 Å². The van der Waals surface area contributed by atoms with Crippen LogP contribution in [0.3, 0.4) is 0 Å². The number of hydrogen-bond acceptors (Lipinski definition) is 3. The molecular weight excluding hydrogens is 336 g/mol. The fourth-order valence-electron chi connectivity index (χ4n) is 3.70. The third kappa shape index (κ3) is 6.08. The molecular formula is C22H30N4O. The fraction of sp³-hybridized carbons (Fsp3) is 0.409. The van der Waals surface area contributed by atoms with Crippen molar-refractivity contribution in [2.24, 2.45) is 5.73 Å². The number of likely N-dealkylation sites (tertiary alicyclic amines) is 1. The summed E-state index contributed by atoms with van der Waals surface area (Å²) in [5.74, 6) is 0. The second-order valence-electron chi connectivity index (χ2n) is 7.35. The van der Waals surface area contributed by atoms with Gasteiger partial charge in [-0.1, -0.05) is 42.5 Å². The summed E-state index contributed by atoms with van der Waals surface area (Å²) in [5, 5.41) is 6.34. The van der Waals surface area contributed by atoms with Crippen molar-refractivity contribution >= 4 is 11.7 Å². The number of urea groups is 1. The third-order valence-electron chi connectivity index (χ3n) is 5.31. The minimum absolute atomic E-state index is 0.286. The molecule has 0 aliphatic carbocycles. The monoisotopic (exact) mass is 366 g/mol. The minimum atomic E-state index is -0.534. The van der Waals surface area contributed by atoms with E-state index >= 15 is 0 Å². The van der Waals surface area contributed by atoms with E-state index in [2.05, 4.69) is 52.8 Å². The first kappa shape index (κ1) is 19.4. The van der Waals surface area contributed by atoms with Gasteiger partial charge < -0.3 is 21.3 Å². The van der Waals surface area contributed by atoms with Crippen molar-refractivity contribution in [3.8, 4) is 0 Å². The van der Waals surface area contributed by atoms with Crippen molar-refractivity contribution in [3.63, 3.8) is 0 Å². The Morgan fingerprint density at radius 2 is 1.78 bits per heavy atom. The van der Waals surface area contributed by atoms with Gasteiger partial charge in [-0.25, -0.2) is 4.79 Å². The molecule has 1 saturated heterocycles. The molecule has 4 N–H and O–H groups in total. The van der Waals surface area contributed by atoms with Crippen LogP contribution in [0.4, 0.5) is 10.5 Å². The molecule has 1 fully saturated rings. The largest absolute Gasteiger partial charge is 0.351 e. The molecule has 2 aromatic carbocycles. The molecule has 2 aromatic rings. The van der Waals surface area contributed by atoms with E-state index in [1.165, 1.54) is 24.0 Å².